The Balaban J connectivity index is 1.53. The normalized spacial score (nSPS) is 43.5. The van der Waals surface area contributed by atoms with Crippen molar-refractivity contribution in [3.05, 3.63) is 42.0 Å². The number of aliphatic hydroxyl groups excluding tert-OH is 1. The Hall–Kier alpha value is -2.55. The number of rotatable bonds is 6. The van der Waals surface area contributed by atoms with Crippen LogP contribution < -0.4 is 0 Å². The fourth-order valence-electron chi connectivity index (χ4n) is 8.19. The number of hydrogen-bond donors (Lipinski definition) is 1. The number of esters is 2. The topological polar surface area (TPSA) is 108 Å². The summed E-state index contributed by atoms with van der Waals surface area (Å²) in [7, 11) is 0. The van der Waals surface area contributed by atoms with E-state index in [9.17, 15) is 19.5 Å². The summed E-state index contributed by atoms with van der Waals surface area (Å²) >= 11 is 0. The van der Waals surface area contributed by atoms with Crippen LogP contribution in [0.4, 0.5) is 0 Å². The maximum Gasteiger partial charge on any atom is 0.331 e. The van der Waals surface area contributed by atoms with Crippen LogP contribution in [0.1, 0.15) is 58.9 Å². The predicted octanol–water partition coefficient (Wildman–Crippen LogP) is 3.94. The van der Waals surface area contributed by atoms with Crippen LogP contribution in [0.3, 0.4) is 0 Å². The first-order valence-corrected chi connectivity index (χ1v) is 14.1. The number of carbonyl (C=O) groups is 3. The first-order valence-electron chi connectivity index (χ1n) is 14.1. The van der Waals surface area contributed by atoms with Crippen LogP contribution in [-0.4, -0.2) is 60.6 Å². The Morgan fingerprint density at radius 3 is 2.49 bits per heavy atom. The van der Waals surface area contributed by atoms with Crippen molar-refractivity contribution < 1.29 is 38.4 Å². The molecule has 2 saturated heterocycles. The van der Waals surface area contributed by atoms with Crippen LogP contribution in [0, 0.1) is 34.5 Å². The van der Waals surface area contributed by atoms with Crippen molar-refractivity contribution in [3.8, 4) is 0 Å². The number of ether oxygens (including phenoxy) is 4. The zero-order valence-electron chi connectivity index (χ0n) is 23.2. The standard InChI is InChI=1S/C31H40O8/c1-18-26(39-25(34)13-10-20-8-6-5-7-9-20)28(35)31(4)22(17-32)11-12-23(37-19(2)33)27(31)30(18,3)24-16-21-14-15-36-29(21)38-24/h5-10,13,17-18,21-24,26-29,35H,11-12,14-16H2,1-4H3/t18-,21-,22+,23-,24+,26-,27-,28+,29+,30-,31+/m1/s1. The van der Waals surface area contributed by atoms with Crippen LogP contribution in [0.25, 0.3) is 6.08 Å². The Labute approximate surface area is 230 Å². The molecule has 8 heteroatoms. The van der Waals surface area contributed by atoms with E-state index in [4.69, 9.17) is 18.9 Å². The van der Waals surface area contributed by atoms with E-state index in [1.165, 1.54) is 13.0 Å². The van der Waals surface area contributed by atoms with Gasteiger partial charge in [0.1, 0.15) is 18.5 Å². The van der Waals surface area contributed by atoms with E-state index in [1.54, 1.807) is 6.08 Å². The lowest BCUT2D eigenvalue weighted by atomic mass is 9.41. The van der Waals surface area contributed by atoms with Gasteiger partial charge in [-0.25, -0.2) is 4.79 Å². The predicted molar refractivity (Wildman–Crippen MR) is 142 cm³/mol. The van der Waals surface area contributed by atoms with Gasteiger partial charge >= 0.3 is 11.9 Å². The van der Waals surface area contributed by atoms with Crippen molar-refractivity contribution in [3.63, 3.8) is 0 Å². The molecule has 2 aliphatic carbocycles. The van der Waals surface area contributed by atoms with E-state index in [0.717, 1.165) is 24.7 Å². The Morgan fingerprint density at radius 2 is 1.82 bits per heavy atom. The number of fused-ring (bicyclic) bond motifs is 2. The molecule has 212 valence electrons. The molecule has 0 radical (unpaired) electrons. The number of aldehydes is 1. The Bertz CT molecular complexity index is 1090. The van der Waals surface area contributed by atoms with E-state index in [-0.39, 0.29) is 24.2 Å². The molecule has 4 aliphatic rings. The van der Waals surface area contributed by atoms with Crippen LogP contribution >= 0.6 is 0 Å². The monoisotopic (exact) mass is 540 g/mol. The van der Waals surface area contributed by atoms with Gasteiger partial charge in [0.25, 0.3) is 0 Å². The first kappa shape index (κ1) is 28.0. The second-order valence-corrected chi connectivity index (χ2v) is 12.2. The van der Waals surface area contributed by atoms with Crippen molar-refractivity contribution in [1.29, 1.82) is 0 Å². The number of aliphatic hydroxyl groups is 1. The van der Waals surface area contributed by atoms with Crippen LogP contribution in [-0.2, 0) is 33.3 Å². The number of benzene rings is 1. The fourth-order valence-corrected chi connectivity index (χ4v) is 8.19. The molecule has 2 heterocycles. The molecule has 0 unspecified atom stereocenters. The minimum Gasteiger partial charge on any atom is -0.462 e. The molecule has 0 amide bonds. The van der Waals surface area contributed by atoms with Gasteiger partial charge in [0, 0.05) is 47.5 Å². The second-order valence-electron chi connectivity index (χ2n) is 12.2. The quantitative estimate of drug-likeness (QED) is 0.328. The summed E-state index contributed by atoms with van der Waals surface area (Å²) in [5, 5.41) is 12.0. The third-order valence-electron chi connectivity index (χ3n) is 10.3. The third-order valence-corrected chi connectivity index (χ3v) is 10.3. The van der Waals surface area contributed by atoms with E-state index >= 15 is 0 Å². The zero-order chi connectivity index (χ0) is 27.9. The van der Waals surface area contributed by atoms with Gasteiger partial charge in [-0.15, -0.1) is 0 Å². The van der Waals surface area contributed by atoms with Gasteiger partial charge in [0.2, 0.25) is 0 Å². The van der Waals surface area contributed by atoms with Crippen molar-refractivity contribution in [2.24, 2.45) is 34.5 Å². The average molecular weight is 541 g/mol. The highest BCUT2D eigenvalue weighted by Gasteiger charge is 2.70. The van der Waals surface area contributed by atoms with Crippen molar-refractivity contribution in [2.75, 3.05) is 6.61 Å². The van der Waals surface area contributed by atoms with Crippen LogP contribution in [0.5, 0.6) is 0 Å². The summed E-state index contributed by atoms with van der Waals surface area (Å²) in [6.45, 7) is 7.98. The summed E-state index contributed by atoms with van der Waals surface area (Å²) in [6.07, 6.45) is 3.43. The summed E-state index contributed by atoms with van der Waals surface area (Å²) in [4.78, 5) is 37.8. The van der Waals surface area contributed by atoms with Crippen molar-refractivity contribution in [1.82, 2.24) is 0 Å². The average Bonchev–Trinajstić information content (AvgIpc) is 3.52. The van der Waals surface area contributed by atoms with Gasteiger partial charge in [0.15, 0.2) is 6.29 Å². The molecule has 1 aromatic rings. The highest BCUT2D eigenvalue weighted by molar-refractivity contribution is 5.87. The molecule has 4 fully saturated rings. The van der Waals surface area contributed by atoms with E-state index < -0.39 is 52.9 Å². The van der Waals surface area contributed by atoms with Crippen LogP contribution in [0.2, 0.25) is 0 Å². The van der Waals surface area contributed by atoms with Gasteiger partial charge in [-0.05, 0) is 37.3 Å². The highest BCUT2D eigenvalue weighted by Crippen LogP contribution is 2.65. The van der Waals surface area contributed by atoms with Gasteiger partial charge in [-0.1, -0.05) is 51.1 Å². The molecule has 8 nitrogen and oxygen atoms in total. The minimum atomic E-state index is -1.15. The summed E-state index contributed by atoms with van der Waals surface area (Å²) in [5.74, 6) is -1.99. The molecular weight excluding hydrogens is 500 g/mol. The van der Waals surface area contributed by atoms with Gasteiger partial charge in [-0.2, -0.15) is 0 Å². The molecule has 5 rings (SSSR count). The molecule has 1 aromatic carbocycles. The molecule has 0 bridgehead atoms. The van der Waals surface area contributed by atoms with Crippen molar-refractivity contribution >= 4 is 24.3 Å². The largest absolute Gasteiger partial charge is 0.462 e. The summed E-state index contributed by atoms with van der Waals surface area (Å²) in [6, 6.07) is 9.43. The highest BCUT2D eigenvalue weighted by atomic mass is 16.7. The maximum absolute atomic E-state index is 13.1. The number of carbonyl (C=O) groups excluding carboxylic acids is 3. The lowest BCUT2D eigenvalue weighted by Gasteiger charge is -2.65. The van der Waals surface area contributed by atoms with Gasteiger partial charge < -0.3 is 28.8 Å². The lowest BCUT2D eigenvalue weighted by molar-refractivity contribution is -0.284. The molecule has 2 aliphatic heterocycles. The summed E-state index contributed by atoms with van der Waals surface area (Å²) in [5.41, 5.74) is -0.860. The van der Waals surface area contributed by atoms with E-state index in [0.29, 0.717) is 19.4 Å². The lowest BCUT2D eigenvalue weighted by Crippen LogP contribution is -2.71. The van der Waals surface area contributed by atoms with Gasteiger partial charge in [0.05, 0.1) is 18.8 Å². The second kappa shape index (κ2) is 10.8. The molecule has 11 atom stereocenters. The van der Waals surface area contributed by atoms with Crippen molar-refractivity contribution in [2.45, 2.75) is 84.1 Å². The van der Waals surface area contributed by atoms with Crippen LogP contribution in [0.15, 0.2) is 36.4 Å². The zero-order valence-corrected chi connectivity index (χ0v) is 23.2. The maximum atomic E-state index is 13.1. The molecule has 0 spiro atoms. The molecule has 39 heavy (non-hydrogen) atoms. The fraction of sp³-hybridized carbons (Fsp3) is 0.645. The molecule has 0 aromatic heterocycles. The third kappa shape index (κ3) is 4.74. The smallest absolute Gasteiger partial charge is 0.331 e. The molecular formula is C31H40O8. The molecule has 1 N–H and O–H groups in total. The van der Waals surface area contributed by atoms with Gasteiger partial charge in [-0.3, -0.25) is 4.79 Å². The summed E-state index contributed by atoms with van der Waals surface area (Å²) < 4.78 is 24.3. The first-order chi connectivity index (χ1) is 18.6. The SMILES string of the molecule is CC(=O)O[C@@H]1CC[C@@H](C=O)[C@@]2(C)[C@H]1[C@@](C)([C@@H]1C[C@H]3CCO[C@H]3O1)[C@H](C)[C@@H](OC(=O)C=Cc1ccccc1)[C@@H]2O. The molecule has 2 saturated carbocycles. The number of hydrogen-bond acceptors (Lipinski definition) is 8. The van der Waals surface area contributed by atoms with E-state index in [2.05, 4.69) is 6.92 Å². The Kier molecular flexibility index (Phi) is 7.74. The Morgan fingerprint density at radius 1 is 1.08 bits per heavy atom. The van der Waals surface area contributed by atoms with E-state index in [1.807, 2.05) is 44.2 Å². The minimum absolute atomic E-state index is 0.254.